The smallest absolute Gasteiger partial charge is 0.390 e. The van der Waals surface area contributed by atoms with Crippen LogP contribution in [-0.4, -0.2) is 87.2 Å². The van der Waals surface area contributed by atoms with Gasteiger partial charge >= 0.3 is 7.82 Å². The number of hydrogen-bond donors (Lipinski definition) is 7. The van der Waals surface area contributed by atoms with E-state index >= 15 is 0 Å². The fourth-order valence-corrected chi connectivity index (χ4v) is 4.52. The summed E-state index contributed by atoms with van der Waals surface area (Å²) >= 11 is 0. The molecule has 17 nitrogen and oxygen atoms in total. The van der Waals surface area contributed by atoms with E-state index in [0.717, 1.165) is 0 Å². The predicted octanol–water partition coefficient (Wildman–Crippen LogP) is -0.321. The maximum atomic E-state index is 12.4. The van der Waals surface area contributed by atoms with E-state index in [0.29, 0.717) is 46.7 Å². The first-order valence-corrected chi connectivity index (χ1v) is 13.2. The molecule has 1 amide bonds. The van der Waals surface area contributed by atoms with Crippen molar-refractivity contribution in [2.24, 2.45) is 0 Å². The summed E-state index contributed by atoms with van der Waals surface area (Å²) < 4.78 is 22.9. The fraction of sp³-hybridized carbons (Fsp3) is 0.333. The summed E-state index contributed by atoms with van der Waals surface area (Å²) in [5.74, 6) is 0.365. The number of imidazole rings is 1. The van der Waals surface area contributed by atoms with Gasteiger partial charge in [-0.15, -0.1) is 0 Å². The van der Waals surface area contributed by atoms with E-state index < -0.39 is 32.9 Å². The third-order valence-electron chi connectivity index (χ3n) is 5.94. The molecular weight excluding hydrogens is 535 g/mol. The monoisotopic (exact) mass is 560 g/mol. The largest absolute Gasteiger partial charge is 0.469 e. The molecule has 4 aromatic rings. The molecule has 8 N–H and O–H groups in total. The second-order valence-corrected chi connectivity index (χ2v) is 9.78. The number of ether oxygens (including phenoxy) is 1. The normalized spacial score (nSPS) is 19.8. The summed E-state index contributed by atoms with van der Waals surface area (Å²) in [5.41, 5.74) is 8.22. The van der Waals surface area contributed by atoms with Crippen molar-refractivity contribution >= 4 is 53.6 Å². The molecule has 18 heteroatoms. The van der Waals surface area contributed by atoms with Crippen molar-refractivity contribution in [3.8, 4) is 0 Å². The first-order valence-electron chi connectivity index (χ1n) is 11.7. The lowest BCUT2D eigenvalue weighted by Crippen LogP contribution is -2.27. The Kier molecular flexibility index (Phi) is 7.51. The van der Waals surface area contributed by atoms with Crippen molar-refractivity contribution in [1.82, 2.24) is 39.8 Å². The molecule has 1 fully saturated rings. The van der Waals surface area contributed by atoms with Gasteiger partial charge in [0, 0.05) is 37.3 Å². The maximum absolute atomic E-state index is 12.4. The van der Waals surface area contributed by atoms with Gasteiger partial charge in [0.05, 0.1) is 24.4 Å². The number of amides is 1. The Hall–Kier alpha value is -3.99. The number of aliphatic hydroxyl groups is 1. The molecule has 1 aliphatic heterocycles. The number of aromatic amines is 1. The molecular formula is C21H25N10O7P. The Morgan fingerprint density at radius 1 is 1.26 bits per heavy atom. The lowest BCUT2D eigenvalue weighted by Gasteiger charge is -2.16. The molecule has 0 spiro atoms. The summed E-state index contributed by atoms with van der Waals surface area (Å²) in [4.78, 5) is 53.9. The van der Waals surface area contributed by atoms with Crippen molar-refractivity contribution in [2.75, 3.05) is 30.7 Å². The standard InChI is InChI=1S/C21H25N10O7P/c22-18-16-11(1-2-14(33)23-3-4-24-19-17-20(27-8-25-17)29-10-28-19)6-31(21(16)30-9-26-18)15-5-12(32)13(38-15)7-37-39(34,35)36/h1-2,6,8-10,12-13,15,32H,3-5,7H2,(H,23,33)(H2,22,26,30)(H2,34,35,36)(H2,24,25,27,28,29)/b2-1+/t12?,13-,15-/m1/s1. The minimum absolute atomic E-state index is 0.108. The van der Waals surface area contributed by atoms with Crippen molar-refractivity contribution in [3.05, 3.63) is 36.8 Å². The average molecular weight is 560 g/mol. The lowest BCUT2D eigenvalue weighted by atomic mass is 10.2. The van der Waals surface area contributed by atoms with Crippen LogP contribution >= 0.6 is 7.82 Å². The highest BCUT2D eigenvalue weighted by Gasteiger charge is 2.37. The number of aromatic nitrogens is 7. The molecule has 206 valence electrons. The number of carbonyl (C=O) groups excluding carboxylic acids is 1. The molecule has 0 aliphatic carbocycles. The van der Waals surface area contributed by atoms with Crippen molar-refractivity contribution in [1.29, 1.82) is 0 Å². The number of nitrogens with one attached hydrogen (secondary N) is 3. The Morgan fingerprint density at radius 2 is 2.08 bits per heavy atom. The summed E-state index contributed by atoms with van der Waals surface area (Å²) in [5, 5.41) is 16.7. The topological polar surface area (TPSA) is 249 Å². The summed E-state index contributed by atoms with van der Waals surface area (Å²) in [6.45, 7) is 0.203. The minimum Gasteiger partial charge on any atom is -0.390 e. The third kappa shape index (κ3) is 6.03. The second kappa shape index (κ2) is 11.0. The molecule has 3 atom stereocenters. The van der Waals surface area contributed by atoms with Crippen LogP contribution in [0.4, 0.5) is 11.6 Å². The minimum atomic E-state index is -4.73. The lowest BCUT2D eigenvalue weighted by molar-refractivity contribution is -0.116. The molecule has 1 unspecified atom stereocenters. The van der Waals surface area contributed by atoms with Gasteiger partial charge < -0.3 is 45.5 Å². The van der Waals surface area contributed by atoms with E-state index in [4.69, 9.17) is 20.3 Å². The van der Waals surface area contributed by atoms with Crippen LogP contribution in [0.5, 0.6) is 0 Å². The van der Waals surface area contributed by atoms with Crippen LogP contribution in [0.3, 0.4) is 0 Å². The number of nitrogens with two attached hydrogens (primary N) is 1. The first-order chi connectivity index (χ1) is 18.7. The number of anilines is 2. The number of carbonyl (C=O) groups is 1. The van der Waals surface area contributed by atoms with Gasteiger partial charge in [0.1, 0.15) is 42.0 Å². The molecule has 0 aromatic carbocycles. The van der Waals surface area contributed by atoms with Crippen LogP contribution < -0.4 is 16.4 Å². The molecule has 1 saturated heterocycles. The molecule has 39 heavy (non-hydrogen) atoms. The Labute approximate surface area is 219 Å². The van der Waals surface area contributed by atoms with Crippen LogP contribution in [0.1, 0.15) is 18.2 Å². The van der Waals surface area contributed by atoms with E-state index in [-0.39, 0.29) is 18.1 Å². The van der Waals surface area contributed by atoms with Crippen LogP contribution in [-0.2, 0) is 18.6 Å². The zero-order valence-corrected chi connectivity index (χ0v) is 21.1. The second-order valence-electron chi connectivity index (χ2n) is 8.54. The average Bonchev–Trinajstić information content (AvgIpc) is 3.61. The van der Waals surface area contributed by atoms with Gasteiger partial charge in [-0.05, 0) is 6.08 Å². The highest BCUT2D eigenvalue weighted by atomic mass is 31.2. The fourth-order valence-electron chi connectivity index (χ4n) is 4.18. The zero-order chi connectivity index (χ0) is 27.6. The third-order valence-corrected chi connectivity index (χ3v) is 6.42. The number of nitrogen functional groups attached to an aromatic ring is 1. The van der Waals surface area contributed by atoms with Crippen molar-refractivity contribution in [3.63, 3.8) is 0 Å². The van der Waals surface area contributed by atoms with Crippen LogP contribution in [0, 0.1) is 0 Å². The number of phosphoric acid groups is 1. The molecule has 5 rings (SSSR count). The van der Waals surface area contributed by atoms with Crippen molar-refractivity contribution < 1.29 is 33.5 Å². The van der Waals surface area contributed by atoms with Gasteiger partial charge in [-0.3, -0.25) is 9.32 Å². The number of hydrogen-bond acceptors (Lipinski definition) is 12. The Balaban J connectivity index is 1.24. The van der Waals surface area contributed by atoms with Gasteiger partial charge in [-0.2, -0.15) is 0 Å². The molecule has 1 aliphatic rings. The van der Waals surface area contributed by atoms with Crippen molar-refractivity contribution in [2.45, 2.75) is 24.9 Å². The van der Waals surface area contributed by atoms with Crippen LogP contribution in [0.2, 0.25) is 0 Å². The Bertz CT molecular complexity index is 1570. The number of fused-ring (bicyclic) bond motifs is 2. The van der Waals surface area contributed by atoms with Crippen LogP contribution in [0.25, 0.3) is 28.3 Å². The highest BCUT2D eigenvalue weighted by molar-refractivity contribution is 7.46. The molecule has 0 radical (unpaired) electrons. The molecule has 5 heterocycles. The SMILES string of the molecule is Nc1ncnc2c1c(/C=C/C(=O)NCCNc1ncnc3[nH]cnc13)cn2[C@H]1CC(O)[C@@H](COP(=O)(O)O)O1. The van der Waals surface area contributed by atoms with E-state index in [1.165, 1.54) is 25.1 Å². The molecule has 0 bridgehead atoms. The highest BCUT2D eigenvalue weighted by Crippen LogP contribution is 2.39. The number of rotatable bonds is 10. The molecule has 4 aromatic heterocycles. The van der Waals surface area contributed by atoms with E-state index in [2.05, 4.69) is 45.1 Å². The number of H-pyrrole nitrogens is 1. The first kappa shape index (κ1) is 26.6. The zero-order valence-electron chi connectivity index (χ0n) is 20.2. The van der Waals surface area contributed by atoms with E-state index in [1.807, 2.05) is 0 Å². The summed E-state index contributed by atoms with van der Waals surface area (Å²) in [6.07, 6.45) is 6.11. The van der Waals surface area contributed by atoms with E-state index in [9.17, 15) is 14.5 Å². The number of aliphatic hydroxyl groups excluding tert-OH is 1. The number of nitrogens with zero attached hydrogens (tertiary/aromatic N) is 6. The van der Waals surface area contributed by atoms with Gasteiger partial charge in [0.25, 0.3) is 0 Å². The maximum Gasteiger partial charge on any atom is 0.469 e. The van der Waals surface area contributed by atoms with Crippen LogP contribution in [0.15, 0.2) is 31.3 Å². The van der Waals surface area contributed by atoms with Gasteiger partial charge in [-0.25, -0.2) is 29.5 Å². The number of phosphoric ester groups is 1. The van der Waals surface area contributed by atoms with Gasteiger partial charge in [0.15, 0.2) is 11.5 Å². The van der Waals surface area contributed by atoms with Gasteiger partial charge in [0.2, 0.25) is 5.91 Å². The predicted molar refractivity (Wildman–Crippen MR) is 137 cm³/mol. The quantitative estimate of drug-likeness (QED) is 0.0746. The van der Waals surface area contributed by atoms with Gasteiger partial charge in [-0.1, -0.05) is 0 Å². The molecule has 0 saturated carbocycles. The van der Waals surface area contributed by atoms with E-state index in [1.54, 1.807) is 16.8 Å². The Morgan fingerprint density at radius 3 is 2.90 bits per heavy atom. The summed E-state index contributed by atoms with van der Waals surface area (Å²) in [7, 11) is -4.73. The summed E-state index contributed by atoms with van der Waals surface area (Å²) in [6, 6.07) is 0.